The van der Waals surface area contributed by atoms with E-state index in [2.05, 4.69) is 10.3 Å². The number of halogens is 1. The van der Waals surface area contributed by atoms with Crippen molar-refractivity contribution < 1.29 is 19.8 Å². The number of nitrogens with zero attached hydrogens (tertiary/aromatic N) is 2. The number of nitrogens with one attached hydrogen (secondary N) is 1. The monoisotopic (exact) mass is 377 g/mol. The van der Waals surface area contributed by atoms with Crippen molar-refractivity contribution in [1.82, 2.24) is 5.32 Å². The molecule has 1 aromatic carbocycles. The normalized spacial score (nSPS) is 15.5. The first kappa shape index (κ1) is 19.8. The molecule has 1 amide bonds. The molecule has 3 N–H and O–H groups in total. The van der Waals surface area contributed by atoms with Gasteiger partial charge in [0.2, 0.25) is 11.7 Å². The highest BCUT2D eigenvalue weighted by Crippen LogP contribution is 2.23. The van der Waals surface area contributed by atoms with Crippen LogP contribution < -0.4 is 10.2 Å². The Morgan fingerprint density at radius 2 is 1.77 bits per heavy atom. The molecule has 0 aromatic heterocycles. The zero-order chi connectivity index (χ0) is 19.1. The second-order valence-corrected chi connectivity index (χ2v) is 5.95. The highest BCUT2D eigenvalue weighted by Gasteiger charge is 2.18. The molecule has 0 spiro atoms. The Kier molecular flexibility index (Phi) is 7.08. The molecule has 0 radical (unpaired) electrons. The van der Waals surface area contributed by atoms with Crippen LogP contribution in [-0.4, -0.2) is 53.9 Å². The number of aliphatic imine (C=N–C) groups is 1. The van der Waals surface area contributed by atoms with Crippen molar-refractivity contribution in [2.75, 3.05) is 31.2 Å². The summed E-state index contributed by atoms with van der Waals surface area (Å²) in [6.45, 7) is 2.10. The lowest BCUT2D eigenvalue weighted by atomic mass is 10.1. The Balaban J connectivity index is 2.25. The van der Waals surface area contributed by atoms with Crippen molar-refractivity contribution in [3.8, 4) is 0 Å². The number of benzene rings is 1. The first-order valence-electron chi connectivity index (χ1n) is 8.01. The van der Waals surface area contributed by atoms with Crippen LogP contribution >= 0.6 is 11.6 Å². The smallest absolute Gasteiger partial charge is 0.221 e. The van der Waals surface area contributed by atoms with Gasteiger partial charge in [0.1, 0.15) is 0 Å². The number of allylic oxidation sites excluding steroid dienone is 3. The molecule has 0 bridgehead atoms. The van der Waals surface area contributed by atoms with E-state index < -0.39 is 0 Å². The molecule has 26 heavy (non-hydrogen) atoms. The third-order valence-electron chi connectivity index (χ3n) is 3.56. The Morgan fingerprint density at radius 3 is 2.31 bits per heavy atom. The Hall–Kier alpha value is -2.48. The fourth-order valence-corrected chi connectivity index (χ4v) is 2.60. The molecular formula is C18H20ClN3O4. The zero-order valence-corrected chi connectivity index (χ0v) is 15.0. The minimum atomic E-state index is -0.386. The predicted octanol–water partition coefficient (Wildman–Crippen LogP) is 1.28. The molecule has 0 atom stereocenters. The summed E-state index contributed by atoms with van der Waals surface area (Å²) < 4.78 is 0. The SMILES string of the molecule is CC(=O)NC1=CC(=Nc2ccc(N(CCO)CCO)cc2)C(Cl)=CC1=O. The topological polar surface area (TPSA) is 102 Å². The predicted molar refractivity (Wildman–Crippen MR) is 101 cm³/mol. The van der Waals surface area contributed by atoms with E-state index in [1.165, 1.54) is 19.1 Å². The lowest BCUT2D eigenvalue weighted by Crippen LogP contribution is -2.29. The number of amides is 1. The van der Waals surface area contributed by atoms with Crippen LogP contribution in [0, 0.1) is 0 Å². The van der Waals surface area contributed by atoms with Crippen LogP contribution in [0.2, 0.25) is 0 Å². The number of aliphatic hydroxyl groups excluding tert-OH is 2. The van der Waals surface area contributed by atoms with Crippen LogP contribution in [0.1, 0.15) is 6.92 Å². The van der Waals surface area contributed by atoms with Crippen LogP contribution in [0.25, 0.3) is 0 Å². The van der Waals surface area contributed by atoms with Gasteiger partial charge >= 0.3 is 0 Å². The number of hydrogen-bond donors (Lipinski definition) is 3. The van der Waals surface area contributed by atoms with E-state index in [0.29, 0.717) is 24.5 Å². The van der Waals surface area contributed by atoms with Crippen LogP contribution in [-0.2, 0) is 9.59 Å². The largest absolute Gasteiger partial charge is 0.395 e. The van der Waals surface area contributed by atoms with E-state index >= 15 is 0 Å². The van der Waals surface area contributed by atoms with Gasteiger partial charge in [0.25, 0.3) is 0 Å². The van der Waals surface area contributed by atoms with Crippen molar-refractivity contribution >= 4 is 40.4 Å². The number of rotatable bonds is 7. The van der Waals surface area contributed by atoms with Crippen LogP contribution in [0.3, 0.4) is 0 Å². The lowest BCUT2D eigenvalue weighted by Gasteiger charge is -2.22. The summed E-state index contributed by atoms with van der Waals surface area (Å²) in [5.74, 6) is -0.740. The number of carbonyl (C=O) groups excluding carboxylic acids is 2. The summed E-state index contributed by atoms with van der Waals surface area (Å²) in [4.78, 5) is 29.3. The summed E-state index contributed by atoms with van der Waals surface area (Å²) >= 11 is 6.08. The highest BCUT2D eigenvalue weighted by atomic mass is 35.5. The summed E-state index contributed by atoms with van der Waals surface area (Å²) in [6, 6.07) is 7.15. The molecule has 0 saturated carbocycles. The Labute approximate surface area is 156 Å². The fourth-order valence-electron chi connectivity index (χ4n) is 2.41. The van der Waals surface area contributed by atoms with Gasteiger partial charge in [0, 0.05) is 31.8 Å². The van der Waals surface area contributed by atoms with Gasteiger partial charge in [-0.05, 0) is 30.3 Å². The maximum absolute atomic E-state index is 11.8. The summed E-state index contributed by atoms with van der Waals surface area (Å²) in [6.07, 6.45) is 2.65. The second kappa shape index (κ2) is 9.28. The van der Waals surface area contributed by atoms with E-state index in [9.17, 15) is 9.59 Å². The van der Waals surface area contributed by atoms with Gasteiger partial charge in [0.15, 0.2) is 0 Å². The van der Waals surface area contributed by atoms with Gasteiger partial charge in [-0.3, -0.25) is 9.59 Å². The molecule has 0 aliphatic heterocycles. The van der Waals surface area contributed by atoms with Crippen molar-refractivity contribution in [1.29, 1.82) is 0 Å². The van der Waals surface area contributed by atoms with Crippen molar-refractivity contribution in [3.63, 3.8) is 0 Å². The van der Waals surface area contributed by atoms with Gasteiger partial charge in [0.05, 0.1) is 35.3 Å². The Morgan fingerprint density at radius 1 is 1.15 bits per heavy atom. The lowest BCUT2D eigenvalue weighted by molar-refractivity contribution is -0.120. The van der Waals surface area contributed by atoms with Gasteiger partial charge in [-0.15, -0.1) is 0 Å². The maximum atomic E-state index is 11.8. The minimum absolute atomic E-state index is 0.0186. The standard InChI is InChI=1S/C18H20ClN3O4/c1-12(25)20-17-11-16(15(19)10-18(17)26)21-13-2-4-14(5-3-13)22(6-8-23)7-9-24/h2-5,10-11,23-24H,6-9H2,1H3,(H,20,25). The second-order valence-electron chi connectivity index (χ2n) is 5.54. The quantitative estimate of drug-likeness (QED) is 0.621. The average Bonchev–Trinajstić information content (AvgIpc) is 2.59. The van der Waals surface area contributed by atoms with Gasteiger partial charge in [-0.1, -0.05) is 11.6 Å². The maximum Gasteiger partial charge on any atom is 0.221 e. The van der Waals surface area contributed by atoms with Crippen molar-refractivity contribution in [2.45, 2.75) is 6.92 Å². The van der Waals surface area contributed by atoms with Gasteiger partial charge < -0.3 is 20.4 Å². The third-order valence-corrected chi connectivity index (χ3v) is 3.87. The highest BCUT2D eigenvalue weighted by molar-refractivity contribution is 6.48. The number of aliphatic hydroxyl groups is 2. The molecule has 8 heteroatoms. The van der Waals surface area contributed by atoms with Gasteiger partial charge in [-0.2, -0.15) is 0 Å². The fraction of sp³-hybridized carbons (Fsp3) is 0.278. The molecule has 0 unspecified atom stereocenters. The average molecular weight is 378 g/mol. The summed E-state index contributed by atoms with van der Waals surface area (Å²) in [7, 11) is 0. The molecule has 0 fully saturated rings. The third kappa shape index (κ3) is 5.26. The molecule has 7 nitrogen and oxygen atoms in total. The molecule has 2 rings (SSSR count). The number of carbonyl (C=O) groups is 2. The van der Waals surface area contributed by atoms with Crippen LogP contribution in [0.15, 0.2) is 52.1 Å². The Bertz CT molecular complexity index is 763. The number of hydrogen-bond acceptors (Lipinski definition) is 6. The van der Waals surface area contributed by atoms with Gasteiger partial charge in [-0.25, -0.2) is 4.99 Å². The van der Waals surface area contributed by atoms with Crippen LogP contribution in [0.5, 0.6) is 0 Å². The first-order valence-corrected chi connectivity index (χ1v) is 8.39. The molecular weight excluding hydrogens is 358 g/mol. The van der Waals surface area contributed by atoms with E-state index in [4.69, 9.17) is 21.8 Å². The molecule has 1 aliphatic carbocycles. The van der Waals surface area contributed by atoms with E-state index in [0.717, 1.165) is 5.69 Å². The molecule has 0 saturated heterocycles. The van der Waals surface area contributed by atoms with Crippen molar-refractivity contribution in [3.05, 3.63) is 47.1 Å². The summed E-state index contributed by atoms with van der Waals surface area (Å²) in [5.41, 5.74) is 1.93. The van der Waals surface area contributed by atoms with Crippen LogP contribution in [0.4, 0.5) is 11.4 Å². The zero-order valence-electron chi connectivity index (χ0n) is 14.3. The number of ketones is 1. The van der Waals surface area contributed by atoms with E-state index in [1.807, 2.05) is 17.0 Å². The molecule has 1 aromatic rings. The summed E-state index contributed by atoms with van der Waals surface area (Å²) in [5, 5.41) is 20.9. The first-order chi connectivity index (χ1) is 12.4. The minimum Gasteiger partial charge on any atom is -0.395 e. The van der Waals surface area contributed by atoms with E-state index in [1.54, 1.807) is 12.1 Å². The number of anilines is 1. The van der Waals surface area contributed by atoms with Crippen molar-refractivity contribution in [2.24, 2.45) is 4.99 Å². The molecule has 138 valence electrons. The molecule has 1 aliphatic rings. The van der Waals surface area contributed by atoms with E-state index in [-0.39, 0.29) is 35.6 Å². The molecule has 0 heterocycles.